The Morgan fingerprint density at radius 1 is 1.28 bits per heavy atom. The van der Waals surface area contributed by atoms with E-state index in [0.717, 1.165) is 50.2 Å². The molecule has 0 saturated carbocycles. The molecule has 5 nitrogen and oxygen atoms in total. The van der Waals surface area contributed by atoms with Crippen molar-refractivity contribution in [3.63, 3.8) is 0 Å². The van der Waals surface area contributed by atoms with Gasteiger partial charge in [0.25, 0.3) is 0 Å². The molecular formula is C20H33N3O2. The van der Waals surface area contributed by atoms with E-state index in [4.69, 9.17) is 4.74 Å². The quantitative estimate of drug-likeness (QED) is 0.793. The number of hydrogen-bond donors (Lipinski definition) is 2. The van der Waals surface area contributed by atoms with Crippen molar-refractivity contribution in [2.24, 2.45) is 5.92 Å². The average molecular weight is 348 g/mol. The number of carbonyl (C=O) groups is 1. The zero-order chi connectivity index (χ0) is 18.2. The monoisotopic (exact) mass is 347 g/mol. The van der Waals surface area contributed by atoms with E-state index in [1.165, 1.54) is 0 Å². The highest BCUT2D eigenvalue weighted by atomic mass is 16.5. The first kappa shape index (κ1) is 19.6. The molecule has 0 bridgehead atoms. The maximum Gasteiger partial charge on any atom is 0.315 e. The minimum absolute atomic E-state index is 0.0443. The third-order valence-electron chi connectivity index (χ3n) is 4.77. The van der Waals surface area contributed by atoms with Crippen LogP contribution in [0, 0.1) is 5.92 Å². The third-order valence-corrected chi connectivity index (χ3v) is 4.77. The van der Waals surface area contributed by atoms with Gasteiger partial charge in [0.15, 0.2) is 0 Å². The topological polar surface area (TPSA) is 53.6 Å². The molecule has 1 aromatic carbocycles. The number of ether oxygens (including phenoxy) is 1. The van der Waals surface area contributed by atoms with Crippen molar-refractivity contribution in [1.29, 1.82) is 0 Å². The third kappa shape index (κ3) is 5.92. The van der Waals surface area contributed by atoms with Crippen LogP contribution < -0.4 is 15.4 Å². The number of methoxy groups -OCH3 is 1. The molecule has 0 unspecified atom stereocenters. The molecule has 1 aliphatic heterocycles. The molecule has 140 valence electrons. The van der Waals surface area contributed by atoms with Crippen molar-refractivity contribution >= 4 is 6.03 Å². The van der Waals surface area contributed by atoms with E-state index in [2.05, 4.69) is 36.3 Å². The lowest BCUT2D eigenvalue weighted by molar-refractivity contribution is 0.177. The fourth-order valence-corrected chi connectivity index (χ4v) is 3.52. The molecule has 2 rings (SSSR count). The second-order valence-electron chi connectivity index (χ2n) is 7.29. The largest absolute Gasteiger partial charge is 0.496 e. The Bertz CT molecular complexity index is 539. The smallest absolute Gasteiger partial charge is 0.315 e. The number of para-hydroxylation sites is 1. The van der Waals surface area contributed by atoms with Gasteiger partial charge in [-0.3, -0.25) is 0 Å². The normalized spacial score (nSPS) is 17.3. The van der Waals surface area contributed by atoms with Gasteiger partial charge >= 0.3 is 6.03 Å². The molecule has 0 radical (unpaired) electrons. The summed E-state index contributed by atoms with van der Waals surface area (Å²) in [6, 6.07) is 8.00. The first-order chi connectivity index (χ1) is 12.0. The van der Waals surface area contributed by atoms with Crippen molar-refractivity contribution in [3.8, 4) is 5.75 Å². The summed E-state index contributed by atoms with van der Waals surface area (Å²) in [4.78, 5) is 14.9. The van der Waals surface area contributed by atoms with Gasteiger partial charge in [-0.15, -0.1) is 0 Å². The number of likely N-dealkylation sites (tertiary alicyclic amines) is 1. The highest BCUT2D eigenvalue weighted by molar-refractivity contribution is 5.75. The molecule has 2 N–H and O–H groups in total. The lowest BCUT2D eigenvalue weighted by Crippen LogP contribution is -2.49. The van der Waals surface area contributed by atoms with Crippen LogP contribution in [0.5, 0.6) is 5.75 Å². The van der Waals surface area contributed by atoms with Crippen LogP contribution in [0.3, 0.4) is 0 Å². The first-order valence-electron chi connectivity index (χ1n) is 9.45. The fraction of sp³-hybridized carbons (Fsp3) is 0.650. The fourth-order valence-electron chi connectivity index (χ4n) is 3.52. The second-order valence-corrected chi connectivity index (χ2v) is 7.29. The standard InChI is InChI=1S/C20H33N3O2/c1-5-18(17-8-6-7-9-19(17)25-4)22-20(24)21-16-10-12-23(13-11-16)14-15(2)3/h6-9,15-16,18H,5,10-14H2,1-4H3,(H2,21,22,24)/t18-/m1/s1. The van der Waals surface area contributed by atoms with Gasteiger partial charge in [-0.05, 0) is 31.2 Å². The lowest BCUT2D eigenvalue weighted by Gasteiger charge is -2.33. The minimum atomic E-state index is -0.0833. The lowest BCUT2D eigenvalue weighted by atomic mass is 10.0. The van der Waals surface area contributed by atoms with Crippen molar-refractivity contribution in [1.82, 2.24) is 15.5 Å². The van der Waals surface area contributed by atoms with Gasteiger partial charge in [-0.1, -0.05) is 39.0 Å². The predicted octanol–water partition coefficient (Wildman–Crippen LogP) is 3.57. The van der Waals surface area contributed by atoms with Gasteiger partial charge in [-0.25, -0.2) is 4.79 Å². The van der Waals surface area contributed by atoms with E-state index in [1.54, 1.807) is 7.11 Å². The molecule has 25 heavy (non-hydrogen) atoms. The maximum atomic E-state index is 12.4. The van der Waals surface area contributed by atoms with Crippen LogP contribution in [-0.4, -0.2) is 43.7 Å². The number of amides is 2. The molecule has 0 aromatic heterocycles. The number of hydrogen-bond acceptors (Lipinski definition) is 3. The Hall–Kier alpha value is -1.75. The van der Waals surface area contributed by atoms with E-state index in [1.807, 2.05) is 24.3 Å². The summed E-state index contributed by atoms with van der Waals surface area (Å²) in [5.74, 6) is 1.51. The highest BCUT2D eigenvalue weighted by Crippen LogP contribution is 2.26. The van der Waals surface area contributed by atoms with Gasteiger partial charge < -0.3 is 20.3 Å². The summed E-state index contributed by atoms with van der Waals surface area (Å²) in [6.07, 6.45) is 2.86. The van der Waals surface area contributed by atoms with Crippen LogP contribution in [0.25, 0.3) is 0 Å². The predicted molar refractivity (Wildman–Crippen MR) is 102 cm³/mol. The van der Waals surface area contributed by atoms with E-state index in [-0.39, 0.29) is 18.1 Å². The van der Waals surface area contributed by atoms with Crippen LogP contribution in [0.1, 0.15) is 51.6 Å². The number of nitrogens with zero attached hydrogens (tertiary/aromatic N) is 1. The van der Waals surface area contributed by atoms with Crippen molar-refractivity contribution in [2.75, 3.05) is 26.7 Å². The van der Waals surface area contributed by atoms with Crippen LogP contribution in [0.15, 0.2) is 24.3 Å². The maximum absolute atomic E-state index is 12.4. The van der Waals surface area contributed by atoms with E-state index in [0.29, 0.717) is 5.92 Å². The number of carbonyl (C=O) groups excluding carboxylic acids is 1. The first-order valence-corrected chi connectivity index (χ1v) is 9.45. The number of urea groups is 1. The molecule has 1 aliphatic rings. The van der Waals surface area contributed by atoms with Crippen LogP contribution in [0.4, 0.5) is 4.79 Å². The molecule has 1 fully saturated rings. The molecule has 1 heterocycles. The van der Waals surface area contributed by atoms with Gasteiger partial charge in [0.05, 0.1) is 13.2 Å². The Balaban J connectivity index is 1.85. The SMILES string of the molecule is CC[C@@H](NC(=O)NC1CCN(CC(C)C)CC1)c1ccccc1OC. The van der Waals surface area contributed by atoms with Crippen LogP contribution in [-0.2, 0) is 0 Å². The molecule has 1 saturated heterocycles. The van der Waals surface area contributed by atoms with Crippen LogP contribution in [0.2, 0.25) is 0 Å². The zero-order valence-electron chi connectivity index (χ0n) is 16.0. The Morgan fingerprint density at radius 3 is 2.56 bits per heavy atom. The van der Waals surface area contributed by atoms with Crippen molar-refractivity contribution in [2.45, 2.75) is 52.1 Å². The van der Waals surface area contributed by atoms with Gasteiger partial charge in [0, 0.05) is 31.2 Å². The van der Waals surface area contributed by atoms with E-state index in [9.17, 15) is 4.79 Å². The van der Waals surface area contributed by atoms with Gasteiger partial charge in [0.1, 0.15) is 5.75 Å². The van der Waals surface area contributed by atoms with Crippen molar-refractivity contribution < 1.29 is 9.53 Å². The summed E-state index contributed by atoms with van der Waals surface area (Å²) >= 11 is 0. The van der Waals surface area contributed by atoms with Gasteiger partial charge in [-0.2, -0.15) is 0 Å². The number of benzene rings is 1. The Labute approximate surface area is 152 Å². The number of nitrogens with one attached hydrogen (secondary N) is 2. The second kappa shape index (κ2) is 9.66. The van der Waals surface area contributed by atoms with E-state index < -0.39 is 0 Å². The molecule has 0 spiro atoms. The Morgan fingerprint density at radius 2 is 1.96 bits per heavy atom. The number of rotatable bonds is 7. The molecule has 2 amide bonds. The van der Waals surface area contributed by atoms with Crippen molar-refractivity contribution in [3.05, 3.63) is 29.8 Å². The molecule has 1 atom stereocenters. The summed E-state index contributed by atoms with van der Waals surface area (Å²) in [6.45, 7) is 9.84. The summed E-state index contributed by atoms with van der Waals surface area (Å²) in [5, 5.41) is 6.25. The minimum Gasteiger partial charge on any atom is -0.496 e. The zero-order valence-corrected chi connectivity index (χ0v) is 16.0. The molecule has 0 aliphatic carbocycles. The molecule has 5 heteroatoms. The Kier molecular flexibility index (Phi) is 7.56. The summed E-state index contributed by atoms with van der Waals surface area (Å²) in [7, 11) is 1.66. The highest BCUT2D eigenvalue weighted by Gasteiger charge is 2.22. The summed E-state index contributed by atoms with van der Waals surface area (Å²) in [5.41, 5.74) is 1.02. The molecule has 1 aromatic rings. The average Bonchev–Trinajstić information content (AvgIpc) is 2.61. The van der Waals surface area contributed by atoms with E-state index >= 15 is 0 Å². The van der Waals surface area contributed by atoms with Crippen LogP contribution >= 0.6 is 0 Å². The summed E-state index contributed by atoms with van der Waals surface area (Å²) < 4.78 is 5.43. The number of piperidine rings is 1. The van der Waals surface area contributed by atoms with Gasteiger partial charge in [0.2, 0.25) is 0 Å². The molecular weight excluding hydrogens is 314 g/mol.